The highest BCUT2D eigenvalue weighted by Crippen LogP contribution is 2.30. The van der Waals surface area contributed by atoms with Gasteiger partial charge in [-0.25, -0.2) is 0 Å². The van der Waals surface area contributed by atoms with E-state index < -0.39 is 0 Å². The SMILES string of the molecule is CCc1cc(N2CCC(Br)C2=O)ccc1OCCN1CCCC1. The lowest BCUT2D eigenvalue weighted by atomic mass is 10.1. The monoisotopic (exact) mass is 380 g/mol. The van der Waals surface area contributed by atoms with Crippen LogP contribution in [0, 0.1) is 0 Å². The minimum atomic E-state index is -0.0380. The number of hydrogen-bond donors (Lipinski definition) is 0. The van der Waals surface area contributed by atoms with E-state index in [1.54, 1.807) is 0 Å². The molecular weight excluding hydrogens is 356 g/mol. The number of likely N-dealkylation sites (tertiary alicyclic amines) is 1. The molecule has 0 N–H and O–H groups in total. The van der Waals surface area contributed by atoms with Gasteiger partial charge in [0.25, 0.3) is 0 Å². The molecule has 126 valence electrons. The van der Waals surface area contributed by atoms with Gasteiger partial charge in [-0.15, -0.1) is 0 Å². The maximum absolute atomic E-state index is 12.2. The zero-order valence-corrected chi connectivity index (χ0v) is 15.3. The van der Waals surface area contributed by atoms with Crippen molar-refractivity contribution in [2.24, 2.45) is 0 Å². The molecule has 5 heteroatoms. The van der Waals surface area contributed by atoms with E-state index in [1.165, 1.54) is 31.5 Å². The van der Waals surface area contributed by atoms with Gasteiger partial charge < -0.3 is 9.64 Å². The van der Waals surface area contributed by atoms with Gasteiger partial charge in [-0.05, 0) is 62.5 Å². The van der Waals surface area contributed by atoms with Gasteiger partial charge in [0, 0.05) is 18.8 Å². The third-order valence-electron chi connectivity index (χ3n) is 4.74. The number of halogens is 1. The number of aryl methyl sites for hydroxylation is 1. The molecule has 0 aliphatic carbocycles. The molecule has 0 bridgehead atoms. The first kappa shape index (κ1) is 16.8. The molecule has 2 aliphatic heterocycles. The molecule has 2 heterocycles. The Morgan fingerprint density at radius 1 is 1.26 bits per heavy atom. The molecule has 1 unspecified atom stereocenters. The van der Waals surface area contributed by atoms with Crippen molar-refractivity contribution in [2.45, 2.75) is 37.4 Å². The fraction of sp³-hybridized carbons (Fsp3) is 0.611. The Hall–Kier alpha value is -1.07. The third kappa shape index (κ3) is 3.89. The number of amides is 1. The van der Waals surface area contributed by atoms with Crippen LogP contribution in [-0.2, 0) is 11.2 Å². The maximum Gasteiger partial charge on any atom is 0.240 e. The summed E-state index contributed by atoms with van der Waals surface area (Å²) >= 11 is 3.44. The van der Waals surface area contributed by atoms with Crippen molar-refractivity contribution in [1.82, 2.24) is 4.90 Å². The highest BCUT2D eigenvalue weighted by molar-refractivity contribution is 9.10. The van der Waals surface area contributed by atoms with E-state index in [4.69, 9.17) is 4.74 Å². The molecule has 1 amide bonds. The Morgan fingerprint density at radius 2 is 2.04 bits per heavy atom. The molecule has 2 fully saturated rings. The summed E-state index contributed by atoms with van der Waals surface area (Å²) in [5.74, 6) is 1.12. The number of anilines is 1. The van der Waals surface area contributed by atoms with Crippen molar-refractivity contribution in [3.63, 3.8) is 0 Å². The lowest BCUT2D eigenvalue weighted by molar-refractivity contribution is -0.116. The molecule has 23 heavy (non-hydrogen) atoms. The number of carbonyl (C=O) groups excluding carboxylic acids is 1. The van der Waals surface area contributed by atoms with E-state index in [-0.39, 0.29) is 10.7 Å². The second kappa shape index (κ2) is 7.67. The van der Waals surface area contributed by atoms with Crippen molar-refractivity contribution < 1.29 is 9.53 Å². The topological polar surface area (TPSA) is 32.8 Å². The first-order valence-electron chi connectivity index (χ1n) is 8.62. The second-order valence-electron chi connectivity index (χ2n) is 6.29. The van der Waals surface area contributed by atoms with Gasteiger partial charge in [-0.3, -0.25) is 9.69 Å². The number of ether oxygens (including phenoxy) is 1. The predicted octanol–water partition coefficient (Wildman–Crippen LogP) is 3.22. The van der Waals surface area contributed by atoms with Gasteiger partial charge in [0.05, 0.1) is 4.83 Å². The van der Waals surface area contributed by atoms with E-state index in [0.717, 1.165) is 44.0 Å². The minimum absolute atomic E-state index is 0.0380. The summed E-state index contributed by atoms with van der Waals surface area (Å²) in [5.41, 5.74) is 2.16. The summed E-state index contributed by atoms with van der Waals surface area (Å²) < 4.78 is 6.00. The highest BCUT2D eigenvalue weighted by atomic mass is 79.9. The smallest absolute Gasteiger partial charge is 0.240 e. The normalized spacial score (nSPS) is 22.1. The molecule has 2 saturated heterocycles. The average molecular weight is 381 g/mol. The van der Waals surface area contributed by atoms with Crippen LogP contribution in [-0.4, -0.2) is 48.4 Å². The Balaban J connectivity index is 1.63. The zero-order chi connectivity index (χ0) is 16.2. The van der Waals surface area contributed by atoms with Crippen molar-refractivity contribution >= 4 is 27.5 Å². The molecule has 1 aromatic carbocycles. The van der Waals surface area contributed by atoms with Crippen LogP contribution in [0.1, 0.15) is 31.7 Å². The third-order valence-corrected chi connectivity index (χ3v) is 5.59. The van der Waals surface area contributed by atoms with Crippen LogP contribution < -0.4 is 9.64 Å². The molecule has 3 rings (SSSR count). The summed E-state index contributed by atoms with van der Waals surface area (Å²) in [5, 5.41) is 0. The Morgan fingerprint density at radius 3 is 2.70 bits per heavy atom. The van der Waals surface area contributed by atoms with Crippen LogP contribution in [0.2, 0.25) is 0 Å². The minimum Gasteiger partial charge on any atom is -0.492 e. The lowest BCUT2D eigenvalue weighted by Crippen LogP contribution is -2.27. The van der Waals surface area contributed by atoms with E-state index in [9.17, 15) is 4.79 Å². The molecule has 0 saturated carbocycles. The van der Waals surface area contributed by atoms with Crippen LogP contribution in [0.25, 0.3) is 0 Å². The Bertz CT molecular complexity index is 558. The van der Waals surface area contributed by atoms with Gasteiger partial charge in [0.15, 0.2) is 0 Å². The van der Waals surface area contributed by atoms with E-state index in [0.29, 0.717) is 0 Å². The molecule has 2 aliphatic rings. The van der Waals surface area contributed by atoms with Crippen LogP contribution in [0.3, 0.4) is 0 Å². The summed E-state index contributed by atoms with van der Waals surface area (Å²) in [6.07, 6.45) is 4.40. The Kier molecular flexibility index (Phi) is 5.59. The number of carbonyl (C=O) groups is 1. The highest BCUT2D eigenvalue weighted by Gasteiger charge is 2.30. The fourth-order valence-corrected chi connectivity index (χ4v) is 3.80. The molecule has 4 nitrogen and oxygen atoms in total. The second-order valence-corrected chi connectivity index (χ2v) is 7.39. The number of alkyl halides is 1. The van der Waals surface area contributed by atoms with Crippen molar-refractivity contribution in [2.75, 3.05) is 37.7 Å². The number of benzene rings is 1. The Labute approximate surface area is 146 Å². The average Bonchev–Trinajstić information content (AvgIpc) is 3.19. The van der Waals surface area contributed by atoms with Gasteiger partial charge in [0.2, 0.25) is 5.91 Å². The summed E-state index contributed by atoms with van der Waals surface area (Å²) in [6.45, 7) is 7.05. The van der Waals surface area contributed by atoms with Crippen molar-refractivity contribution in [1.29, 1.82) is 0 Å². The fourth-order valence-electron chi connectivity index (χ4n) is 3.34. The summed E-state index contributed by atoms with van der Waals surface area (Å²) in [7, 11) is 0. The maximum atomic E-state index is 12.2. The predicted molar refractivity (Wildman–Crippen MR) is 96.7 cm³/mol. The van der Waals surface area contributed by atoms with Crippen LogP contribution in [0.15, 0.2) is 18.2 Å². The number of nitrogens with zero attached hydrogens (tertiary/aromatic N) is 2. The lowest BCUT2D eigenvalue weighted by Gasteiger charge is -2.20. The molecule has 0 radical (unpaired) electrons. The molecule has 1 aromatic rings. The van der Waals surface area contributed by atoms with E-state index >= 15 is 0 Å². The number of rotatable bonds is 6. The van der Waals surface area contributed by atoms with Crippen LogP contribution in [0.5, 0.6) is 5.75 Å². The van der Waals surface area contributed by atoms with E-state index in [2.05, 4.69) is 33.8 Å². The van der Waals surface area contributed by atoms with E-state index in [1.807, 2.05) is 17.0 Å². The summed E-state index contributed by atoms with van der Waals surface area (Å²) in [6, 6.07) is 6.13. The zero-order valence-electron chi connectivity index (χ0n) is 13.8. The first-order chi connectivity index (χ1) is 11.2. The van der Waals surface area contributed by atoms with Gasteiger partial charge in [0.1, 0.15) is 12.4 Å². The number of hydrogen-bond acceptors (Lipinski definition) is 3. The van der Waals surface area contributed by atoms with Crippen LogP contribution in [0.4, 0.5) is 5.69 Å². The molecule has 1 atom stereocenters. The molecule has 0 spiro atoms. The summed E-state index contributed by atoms with van der Waals surface area (Å²) in [4.78, 5) is 16.4. The van der Waals surface area contributed by atoms with Gasteiger partial charge >= 0.3 is 0 Å². The largest absolute Gasteiger partial charge is 0.492 e. The molecule has 0 aromatic heterocycles. The first-order valence-corrected chi connectivity index (χ1v) is 9.54. The van der Waals surface area contributed by atoms with Gasteiger partial charge in [-0.1, -0.05) is 22.9 Å². The van der Waals surface area contributed by atoms with Gasteiger partial charge in [-0.2, -0.15) is 0 Å². The molecular formula is C18H25BrN2O2. The van der Waals surface area contributed by atoms with Crippen LogP contribution >= 0.6 is 15.9 Å². The standard InChI is InChI=1S/C18H25BrN2O2/c1-2-14-13-15(21-10-7-16(19)18(21)22)5-6-17(14)23-12-11-20-8-3-4-9-20/h5-6,13,16H,2-4,7-12H2,1H3. The van der Waals surface area contributed by atoms with Crippen molar-refractivity contribution in [3.8, 4) is 5.75 Å². The quantitative estimate of drug-likeness (QED) is 0.710. The van der Waals surface area contributed by atoms with Crippen molar-refractivity contribution in [3.05, 3.63) is 23.8 Å².